The maximum Gasteiger partial charge on any atom is 0.434 e. The fraction of sp³-hybridized carbons (Fsp3) is 0.800. The van der Waals surface area contributed by atoms with Gasteiger partial charge in [0.25, 0.3) is 11.8 Å². The van der Waals surface area contributed by atoms with Gasteiger partial charge in [0, 0.05) is 32.0 Å². The number of rotatable bonds is 2. The second kappa shape index (κ2) is 6.64. The first kappa shape index (κ1) is 15.3. The van der Waals surface area contributed by atoms with Gasteiger partial charge in [0.2, 0.25) is 0 Å². The second-order valence-corrected chi connectivity index (χ2v) is 6.25. The fourth-order valence-electron chi connectivity index (χ4n) is 3.49. The number of carbonyl (C=O) groups is 3. The quantitative estimate of drug-likeness (QED) is 0.715. The minimum atomic E-state index is -0.583. The molecule has 0 aromatic carbocycles. The summed E-state index contributed by atoms with van der Waals surface area (Å²) in [6, 6.07) is 0.541. The molecule has 0 aromatic heterocycles. The number of carbonyl (C=O) groups excluding carboxylic acids is 3. The monoisotopic (exact) mass is 309 g/mol. The van der Waals surface area contributed by atoms with Crippen LogP contribution in [0, 0.1) is 0 Å². The molecule has 0 aromatic rings. The normalized spacial score (nSPS) is 24.9. The van der Waals surface area contributed by atoms with Gasteiger partial charge in [-0.15, -0.1) is 5.06 Å². The van der Waals surface area contributed by atoms with Crippen molar-refractivity contribution in [3.8, 4) is 0 Å². The van der Waals surface area contributed by atoms with Gasteiger partial charge in [0.15, 0.2) is 0 Å². The Labute approximate surface area is 130 Å². The average Bonchev–Trinajstić information content (AvgIpc) is 2.88. The van der Waals surface area contributed by atoms with Crippen LogP contribution in [0.4, 0.5) is 4.79 Å². The molecular formula is C15H23N3O4. The van der Waals surface area contributed by atoms with E-state index in [1.54, 1.807) is 4.90 Å². The molecule has 3 amide bonds. The van der Waals surface area contributed by atoms with Gasteiger partial charge in [-0.1, -0.05) is 6.42 Å². The lowest BCUT2D eigenvalue weighted by Gasteiger charge is -2.39. The van der Waals surface area contributed by atoms with Crippen LogP contribution in [0.1, 0.15) is 44.9 Å². The van der Waals surface area contributed by atoms with Crippen molar-refractivity contribution in [1.82, 2.24) is 14.9 Å². The molecule has 0 spiro atoms. The first-order chi connectivity index (χ1) is 10.6. The average molecular weight is 309 g/mol. The van der Waals surface area contributed by atoms with Crippen molar-refractivity contribution in [3.05, 3.63) is 0 Å². The summed E-state index contributed by atoms with van der Waals surface area (Å²) in [7, 11) is 0. The molecule has 0 radical (unpaired) electrons. The van der Waals surface area contributed by atoms with Crippen molar-refractivity contribution in [2.24, 2.45) is 0 Å². The van der Waals surface area contributed by atoms with Gasteiger partial charge in [0.05, 0.1) is 0 Å². The Hall–Kier alpha value is -1.63. The van der Waals surface area contributed by atoms with Gasteiger partial charge in [-0.25, -0.2) is 4.79 Å². The smallest absolute Gasteiger partial charge is 0.311 e. The molecule has 0 atom stereocenters. The molecule has 0 bridgehead atoms. The minimum absolute atomic E-state index is 0.128. The number of likely N-dealkylation sites (tertiary alicyclic amines) is 2. The van der Waals surface area contributed by atoms with E-state index in [0.717, 1.165) is 25.9 Å². The third-order valence-corrected chi connectivity index (χ3v) is 4.80. The Morgan fingerprint density at radius 3 is 2.09 bits per heavy atom. The second-order valence-electron chi connectivity index (χ2n) is 6.25. The van der Waals surface area contributed by atoms with Crippen molar-refractivity contribution < 1.29 is 19.2 Å². The van der Waals surface area contributed by atoms with E-state index >= 15 is 0 Å². The van der Waals surface area contributed by atoms with Crippen LogP contribution in [0.2, 0.25) is 0 Å². The van der Waals surface area contributed by atoms with Crippen LogP contribution in [-0.4, -0.2) is 65.0 Å². The van der Waals surface area contributed by atoms with Crippen molar-refractivity contribution in [3.63, 3.8) is 0 Å². The van der Waals surface area contributed by atoms with Crippen LogP contribution in [0.5, 0.6) is 0 Å². The van der Waals surface area contributed by atoms with E-state index in [0.29, 0.717) is 24.2 Å². The number of nitrogens with zero attached hydrogens (tertiary/aromatic N) is 3. The number of hydrogen-bond acceptors (Lipinski definition) is 5. The number of amides is 3. The highest BCUT2D eigenvalue weighted by molar-refractivity contribution is 6.01. The summed E-state index contributed by atoms with van der Waals surface area (Å²) >= 11 is 0. The molecule has 3 fully saturated rings. The Morgan fingerprint density at radius 2 is 1.50 bits per heavy atom. The van der Waals surface area contributed by atoms with Gasteiger partial charge >= 0.3 is 6.09 Å². The van der Waals surface area contributed by atoms with Crippen LogP contribution in [0.25, 0.3) is 0 Å². The zero-order chi connectivity index (χ0) is 15.5. The topological polar surface area (TPSA) is 70.2 Å². The molecule has 7 heteroatoms. The standard InChI is InChI=1S/C15H23N3O4/c19-13-4-5-14(20)18(13)22-15(21)17-10-6-12(7-11-17)16-8-2-1-3-9-16/h12H,1-11H2. The Bertz CT molecular complexity index is 438. The third-order valence-electron chi connectivity index (χ3n) is 4.80. The first-order valence-electron chi connectivity index (χ1n) is 8.22. The van der Waals surface area contributed by atoms with E-state index in [-0.39, 0.29) is 12.8 Å². The van der Waals surface area contributed by atoms with Crippen LogP contribution >= 0.6 is 0 Å². The molecule has 3 rings (SSSR count). The molecule has 0 unspecified atom stereocenters. The summed E-state index contributed by atoms with van der Waals surface area (Å²) in [6.45, 7) is 3.56. The summed E-state index contributed by atoms with van der Waals surface area (Å²) < 4.78 is 0. The summed E-state index contributed by atoms with van der Waals surface area (Å²) in [4.78, 5) is 44.1. The van der Waals surface area contributed by atoms with Crippen LogP contribution in [0.3, 0.4) is 0 Å². The summed E-state index contributed by atoms with van der Waals surface area (Å²) in [6.07, 6.45) is 5.38. The molecule has 3 saturated heterocycles. The Balaban J connectivity index is 1.47. The lowest BCUT2D eigenvalue weighted by Crippen LogP contribution is -2.49. The van der Waals surface area contributed by atoms with Crippen LogP contribution < -0.4 is 0 Å². The largest absolute Gasteiger partial charge is 0.434 e. The highest BCUT2D eigenvalue weighted by Crippen LogP contribution is 2.22. The maximum atomic E-state index is 12.1. The first-order valence-corrected chi connectivity index (χ1v) is 8.22. The zero-order valence-electron chi connectivity index (χ0n) is 12.8. The van der Waals surface area contributed by atoms with E-state index < -0.39 is 17.9 Å². The van der Waals surface area contributed by atoms with Crippen LogP contribution in [0.15, 0.2) is 0 Å². The Morgan fingerprint density at radius 1 is 0.909 bits per heavy atom. The van der Waals surface area contributed by atoms with E-state index in [4.69, 9.17) is 4.84 Å². The van der Waals surface area contributed by atoms with Gasteiger partial charge in [-0.05, 0) is 38.8 Å². The van der Waals surface area contributed by atoms with Crippen molar-refractivity contribution in [1.29, 1.82) is 0 Å². The Kier molecular flexibility index (Phi) is 4.61. The molecule has 122 valence electrons. The molecule has 0 aliphatic carbocycles. The van der Waals surface area contributed by atoms with E-state index in [1.807, 2.05) is 0 Å². The zero-order valence-corrected chi connectivity index (χ0v) is 12.8. The summed E-state index contributed by atoms with van der Waals surface area (Å²) in [5, 5.41) is 0.624. The highest BCUT2D eigenvalue weighted by atomic mass is 16.7. The molecule has 3 heterocycles. The van der Waals surface area contributed by atoms with Crippen molar-refractivity contribution >= 4 is 17.9 Å². The van der Waals surface area contributed by atoms with E-state index in [9.17, 15) is 14.4 Å². The lowest BCUT2D eigenvalue weighted by atomic mass is 10.0. The number of piperidine rings is 2. The van der Waals surface area contributed by atoms with Gasteiger partial charge in [0.1, 0.15) is 0 Å². The molecule has 3 aliphatic rings. The molecule has 3 aliphatic heterocycles. The molecule has 22 heavy (non-hydrogen) atoms. The maximum absolute atomic E-state index is 12.1. The lowest BCUT2D eigenvalue weighted by molar-refractivity contribution is -0.174. The summed E-state index contributed by atoms with van der Waals surface area (Å²) in [5.74, 6) is -0.858. The molecular weight excluding hydrogens is 286 g/mol. The van der Waals surface area contributed by atoms with Crippen LogP contribution in [-0.2, 0) is 14.4 Å². The van der Waals surface area contributed by atoms with Gasteiger partial charge in [-0.2, -0.15) is 0 Å². The van der Waals surface area contributed by atoms with Crippen molar-refractivity contribution in [2.45, 2.75) is 51.0 Å². The van der Waals surface area contributed by atoms with E-state index in [2.05, 4.69) is 4.90 Å². The highest BCUT2D eigenvalue weighted by Gasteiger charge is 2.35. The van der Waals surface area contributed by atoms with Crippen molar-refractivity contribution in [2.75, 3.05) is 26.2 Å². The molecule has 0 N–H and O–H groups in total. The predicted molar refractivity (Wildman–Crippen MR) is 77.6 cm³/mol. The van der Waals surface area contributed by atoms with E-state index in [1.165, 1.54) is 19.3 Å². The number of hydroxylamine groups is 2. The third kappa shape index (κ3) is 3.24. The SMILES string of the molecule is O=C(ON1C(=O)CCC1=O)N1CCC(N2CCCCC2)CC1. The van der Waals surface area contributed by atoms with Gasteiger partial charge in [-0.3, -0.25) is 9.59 Å². The fourth-order valence-corrected chi connectivity index (χ4v) is 3.49. The predicted octanol–water partition coefficient (Wildman–Crippen LogP) is 1.14. The van der Waals surface area contributed by atoms with Gasteiger partial charge < -0.3 is 14.6 Å². The molecule has 7 nitrogen and oxygen atoms in total. The number of hydrogen-bond donors (Lipinski definition) is 0. The molecule has 0 saturated carbocycles. The summed E-state index contributed by atoms with van der Waals surface area (Å²) in [5.41, 5.74) is 0. The number of imide groups is 1. The minimum Gasteiger partial charge on any atom is -0.311 e.